The average Bonchev–Trinajstić information content (AvgIpc) is 2.50. The summed E-state index contributed by atoms with van der Waals surface area (Å²) in [7, 11) is 2.02. The molecule has 0 saturated carbocycles. The van der Waals surface area contributed by atoms with E-state index in [0.29, 0.717) is 21.9 Å². The zero-order valence-electron chi connectivity index (χ0n) is 12.8. The highest BCUT2D eigenvalue weighted by molar-refractivity contribution is 6.35. The van der Waals surface area contributed by atoms with Gasteiger partial charge in [-0.1, -0.05) is 17.7 Å². The van der Waals surface area contributed by atoms with E-state index >= 15 is 0 Å². The minimum absolute atomic E-state index is 0.459. The Bertz CT molecular complexity index is 785. The number of primary amides is 1. The van der Waals surface area contributed by atoms with Crippen LogP contribution in [0.1, 0.15) is 11.1 Å². The third-order valence-electron chi connectivity index (χ3n) is 3.90. The van der Waals surface area contributed by atoms with Crippen LogP contribution in [0.5, 0.6) is 0 Å². The predicted molar refractivity (Wildman–Crippen MR) is 78.3 cm³/mol. The van der Waals surface area contributed by atoms with E-state index in [4.69, 9.17) is 17.3 Å². The normalized spacial score (nSPS) is 17.9. The fourth-order valence-electron chi connectivity index (χ4n) is 2.57. The van der Waals surface area contributed by atoms with E-state index in [0.717, 1.165) is 20.2 Å². The lowest BCUT2D eigenvalue weighted by atomic mass is 9.75. The van der Waals surface area contributed by atoms with Crippen molar-refractivity contribution in [2.75, 3.05) is 14.1 Å². The van der Waals surface area contributed by atoms with Crippen LogP contribution in [-0.4, -0.2) is 47.6 Å². The van der Waals surface area contributed by atoms with E-state index in [1.54, 1.807) is 0 Å². The molecule has 1 heterocycles. The van der Waals surface area contributed by atoms with E-state index in [2.05, 4.69) is 0 Å². The number of hydrogen-bond acceptors (Lipinski definition) is 4. The molecule has 2 N–H and O–H groups in total. The summed E-state index contributed by atoms with van der Waals surface area (Å²) < 4.78 is 38.5. The molecule has 1 aromatic carbocycles. The number of benzene rings is 1. The number of rotatable bonds is 2. The first-order valence-electron chi connectivity index (χ1n) is 6.64. The molecule has 1 aliphatic rings. The molecule has 0 bridgehead atoms. The molecule has 1 aromatic rings. The Kier molecular flexibility index (Phi) is 4.29. The molecule has 0 unspecified atom stereocenters. The summed E-state index contributed by atoms with van der Waals surface area (Å²) in [5.41, 5.74) is 0.883. The topological polar surface area (TPSA) is 101 Å². The summed E-state index contributed by atoms with van der Waals surface area (Å²) in [6.45, 7) is 0. The van der Waals surface area contributed by atoms with Crippen LogP contribution >= 0.6 is 11.6 Å². The van der Waals surface area contributed by atoms with Gasteiger partial charge in [-0.15, -0.1) is 0 Å². The molecular formula is C14H11ClF3N3O4. The summed E-state index contributed by atoms with van der Waals surface area (Å²) in [4.78, 5) is 49.9. The molecule has 0 atom stereocenters. The third kappa shape index (κ3) is 2.53. The number of urea groups is 1. The Balaban J connectivity index is 2.76. The number of nitrogens with zero attached hydrogens (tertiary/aromatic N) is 2. The van der Waals surface area contributed by atoms with Crippen LogP contribution in [0.25, 0.3) is 0 Å². The number of halogens is 4. The Morgan fingerprint density at radius 2 is 1.60 bits per heavy atom. The Morgan fingerprint density at radius 3 is 1.96 bits per heavy atom. The number of carbonyl (C=O) groups is 4. The van der Waals surface area contributed by atoms with Crippen molar-refractivity contribution in [3.8, 4) is 0 Å². The second-order valence-corrected chi connectivity index (χ2v) is 5.72. The summed E-state index contributed by atoms with van der Waals surface area (Å²) in [5.74, 6) is -3.99. The van der Waals surface area contributed by atoms with Crippen LogP contribution in [0.15, 0.2) is 18.2 Å². The molecule has 0 aliphatic carbocycles. The fourth-order valence-corrected chi connectivity index (χ4v) is 2.86. The monoisotopic (exact) mass is 377 g/mol. The number of alkyl halides is 3. The highest BCUT2D eigenvalue weighted by Crippen LogP contribution is 2.39. The molecule has 1 saturated heterocycles. The minimum Gasteiger partial charge on any atom is -0.368 e. The molecule has 25 heavy (non-hydrogen) atoms. The van der Waals surface area contributed by atoms with Gasteiger partial charge in [-0.25, -0.2) is 4.79 Å². The van der Waals surface area contributed by atoms with Crippen LogP contribution < -0.4 is 5.73 Å². The van der Waals surface area contributed by atoms with Crippen molar-refractivity contribution in [3.63, 3.8) is 0 Å². The molecule has 11 heteroatoms. The van der Waals surface area contributed by atoms with Gasteiger partial charge in [0.15, 0.2) is 0 Å². The fraction of sp³-hybridized carbons (Fsp3) is 0.286. The zero-order valence-corrected chi connectivity index (χ0v) is 13.6. The lowest BCUT2D eigenvalue weighted by Crippen LogP contribution is -2.69. The van der Waals surface area contributed by atoms with E-state index in [9.17, 15) is 32.3 Å². The molecular weight excluding hydrogens is 367 g/mol. The van der Waals surface area contributed by atoms with E-state index in [-0.39, 0.29) is 0 Å². The summed E-state index contributed by atoms with van der Waals surface area (Å²) in [6, 6.07) is 0.944. The summed E-state index contributed by atoms with van der Waals surface area (Å²) >= 11 is 5.61. The van der Waals surface area contributed by atoms with Crippen molar-refractivity contribution in [3.05, 3.63) is 34.3 Å². The lowest BCUT2D eigenvalue weighted by Gasteiger charge is -2.39. The largest absolute Gasteiger partial charge is 0.417 e. The smallest absolute Gasteiger partial charge is 0.368 e. The van der Waals surface area contributed by atoms with Gasteiger partial charge < -0.3 is 5.73 Å². The summed E-state index contributed by atoms with van der Waals surface area (Å²) in [5, 5.41) is -0.826. The van der Waals surface area contributed by atoms with Gasteiger partial charge in [0, 0.05) is 14.1 Å². The van der Waals surface area contributed by atoms with Crippen molar-refractivity contribution >= 4 is 35.4 Å². The van der Waals surface area contributed by atoms with Crippen molar-refractivity contribution in [1.29, 1.82) is 0 Å². The molecule has 0 radical (unpaired) electrons. The van der Waals surface area contributed by atoms with Crippen LogP contribution in [0.4, 0.5) is 18.0 Å². The molecule has 134 valence electrons. The molecule has 0 aromatic heterocycles. The predicted octanol–water partition coefficient (Wildman–Crippen LogP) is 1.13. The van der Waals surface area contributed by atoms with Gasteiger partial charge in [-0.2, -0.15) is 13.2 Å². The number of barbiturate groups is 1. The van der Waals surface area contributed by atoms with Gasteiger partial charge in [0.1, 0.15) is 0 Å². The van der Waals surface area contributed by atoms with Crippen LogP contribution in [0, 0.1) is 0 Å². The van der Waals surface area contributed by atoms with Crippen molar-refractivity contribution in [2.45, 2.75) is 11.6 Å². The van der Waals surface area contributed by atoms with Crippen LogP contribution in [0.2, 0.25) is 5.02 Å². The quantitative estimate of drug-likeness (QED) is 0.781. The van der Waals surface area contributed by atoms with Gasteiger partial charge >= 0.3 is 12.2 Å². The van der Waals surface area contributed by atoms with Crippen LogP contribution in [0.3, 0.4) is 0 Å². The average molecular weight is 378 g/mol. The standard InChI is InChI=1S/C14H11ClF3N3O4/c1-20-10(23)13(9(19)22,11(24)21(2)12(20)25)6-3-4-7(8(15)5-6)14(16,17)18/h3-5H,1-2H3,(H2,19,22). The number of carbonyl (C=O) groups excluding carboxylic acids is 4. The van der Waals surface area contributed by atoms with Crippen molar-refractivity contribution in [2.24, 2.45) is 5.73 Å². The number of nitrogens with two attached hydrogens (primary N) is 1. The zero-order chi connectivity index (χ0) is 19.3. The van der Waals surface area contributed by atoms with Gasteiger partial charge in [-0.05, 0) is 17.7 Å². The van der Waals surface area contributed by atoms with Crippen molar-refractivity contribution in [1.82, 2.24) is 9.80 Å². The maximum absolute atomic E-state index is 12.8. The Hall–Kier alpha value is -2.62. The van der Waals surface area contributed by atoms with Crippen molar-refractivity contribution < 1.29 is 32.3 Å². The maximum Gasteiger partial charge on any atom is 0.417 e. The highest BCUT2D eigenvalue weighted by atomic mass is 35.5. The van der Waals surface area contributed by atoms with E-state index in [1.807, 2.05) is 0 Å². The third-order valence-corrected chi connectivity index (χ3v) is 4.21. The van der Waals surface area contributed by atoms with E-state index < -0.39 is 51.5 Å². The molecule has 1 fully saturated rings. The van der Waals surface area contributed by atoms with E-state index in [1.165, 1.54) is 0 Å². The second kappa shape index (κ2) is 5.73. The highest BCUT2D eigenvalue weighted by Gasteiger charge is 2.61. The first-order valence-corrected chi connectivity index (χ1v) is 7.02. The Labute approximate surface area is 144 Å². The lowest BCUT2D eigenvalue weighted by molar-refractivity contribution is -0.154. The van der Waals surface area contributed by atoms with Gasteiger partial charge in [-0.3, -0.25) is 24.2 Å². The maximum atomic E-state index is 12.8. The number of likely N-dealkylation sites (N-methyl/N-ethyl adjacent to an activating group) is 2. The molecule has 1 aliphatic heterocycles. The molecule has 7 nitrogen and oxygen atoms in total. The molecule has 2 rings (SSSR count). The summed E-state index contributed by atoms with van der Waals surface area (Å²) in [6.07, 6.45) is -4.78. The first-order chi connectivity index (χ1) is 11.4. The Morgan fingerprint density at radius 1 is 1.12 bits per heavy atom. The van der Waals surface area contributed by atoms with Gasteiger partial charge in [0.25, 0.3) is 11.8 Å². The number of amides is 5. The number of hydrogen-bond donors (Lipinski definition) is 1. The van der Waals surface area contributed by atoms with Crippen LogP contribution in [-0.2, 0) is 26.0 Å². The minimum atomic E-state index is -4.78. The van der Waals surface area contributed by atoms with Gasteiger partial charge in [0.05, 0.1) is 10.6 Å². The number of imide groups is 2. The SMILES string of the molecule is CN1C(=O)N(C)C(=O)C(C(N)=O)(c2ccc(C(F)(F)F)c(Cl)c2)C1=O. The first kappa shape index (κ1) is 18.7. The molecule has 0 spiro atoms. The van der Waals surface area contributed by atoms with Gasteiger partial charge in [0.2, 0.25) is 11.3 Å². The molecule has 5 amide bonds. The second-order valence-electron chi connectivity index (χ2n) is 5.32.